The van der Waals surface area contributed by atoms with Crippen LogP contribution < -0.4 is 10.6 Å². The number of benzene rings is 4. The number of amides is 2. The molecule has 5 heteroatoms. The summed E-state index contributed by atoms with van der Waals surface area (Å²) >= 11 is 6.09. The normalized spacial score (nSPS) is 10.4. The van der Waals surface area contributed by atoms with Crippen molar-refractivity contribution in [1.82, 2.24) is 0 Å². The minimum atomic E-state index is -0.260. The zero-order valence-corrected chi connectivity index (χ0v) is 17.3. The van der Waals surface area contributed by atoms with Crippen LogP contribution in [0.3, 0.4) is 0 Å². The van der Waals surface area contributed by atoms with E-state index in [1.165, 1.54) is 0 Å². The lowest BCUT2D eigenvalue weighted by molar-refractivity contribution is 0.101. The van der Waals surface area contributed by atoms with Gasteiger partial charge in [0.15, 0.2) is 0 Å². The van der Waals surface area contributed by atoms with Gasteiger partial charge in [0.1, 0.15) is 0 Å². The molecule has 0 radical (unpaired) electrons. The standard InChI is InChI=1S/C26H19ClN2O2/c27-24-12-5-4-11-23(24)26(31)28-21-15-13-18(14-16-21)20-9-6-10-22(17-20)29-25(30)19-7-2-1-3-8-19/h1-17H,(H,28,31)(H,29,30). The summed E-state index contributed by atoms with van der Waals surface area (Å²) in [5.41, 5.74) is 4.33. The van der Waals surface area contributed by atoms with E-state index >= 15 is 0 Å². The van der Waals surface area contributed by atoms with Crippen LogP contribution in [0.5, 0.6) is 0 Å². The first-order valence-electron chi connectivity index (χ1n) is 9.73. The lowest BCUT2D eigenvalue weighted by Crippen LogP contribution is -2.12. The van der Waals surface area contributed by atoms with Crippen LogP contribution >= 0.6 is 11.6 Å². The van der Waals surface area contributed by atoms with Crippen LogP contribution in [0, 0.1) is 0 Å². The van der Waals surface area contributed by atoms with E-state index in [1.54, 1.807) is 36.4 Å². The second-order valence-corrected chi connectivity index (χ2v) is 7.32. The van der Waals surface area contributed by atoms with E-state index in [2.05, 4.69) is 10.6 Å². The lowest BCUT2D eigenvalue weighted by Gasteiger charge is -2.10. The molecule has 0 spiro atoms. The summed E-state index contributed by atoms with van der Waals surface area (Å²) in [5.74, 6) is -0.417. The molecule has 0 heterocycles. The summed E-state index contributed by atoms with van der Waals surface area (Å²) in [6.45, 7) is 0. The van der Waals surface area contributed by atoms with E-state index in [4.69, 9.17) is 11.6 Å². The van der Waals surface area contributed by atoms with Crippen molar-refractivity contribution in [2.45, 2.75) is 0 Å². The van der Waals surface area contributed by atoms with Crippen LogP contribution in [-0.4, -0.2) is 11.8 Å². The molecule has 4 nitrogen and oxygen atoms in total. The molecule has 0 unspecified atom stereocenters. The van der Waals surface area contributed by atoms with Crippen LogP contribution in [0.25, 0.3) is 11.1 Å². The third-order valence-corrected chi connectivity index (χ3v) is 5.08. The first-order valence-corrected chi connectivity index (χ1v) is 10.1. The average Bonchev–Trinajstić information content (AvgIpc) is 2.80. The molecule has 0 saturated carbocycles. The molecule has 31 heavy (non-hydrogen) atoms. The second-order valence-electron chi connectivity index (χ2n) is 6.91. The van der Waals surface area contributed by atoms with Crippen molar-refractivity contribution >= 4 is 34.8 Å². The van der Waals surface area contributed by atoms with Gasteiger partial charge in [-0.25, -0.2) is 0 Å². The number of halogens is 1. The Morgan fingerprint density at radius 3 is 2.00 bits per heavy atom. The topological polar surface area (TPSA) is 58.2 Å². The van der Waals surface area contributed by atoms with E-state index in [-0.39, 0.29) is 11.8 Å². The zero-order valence-electron chi connectivity index (χ0n) is 16.5. The Morgan fingerprint density at radius 2 is 1.26 bits per heavy atom. The summed E-state index contributed by atoms with van der Waals surface area (Å²) in [6.07, 6.45) is 0. The van der Waals surface area contributed by atoms with E-state index in [0.29, 0.717) is 27.5 Å². The first kappa shape index (κ1) is 20.4. The molecule has 0 bridgehead atoms. The summed E-state index contributed by atoms with van der Waals surface area (Å²) in [5, 5.41) is 6.18. The highest BCUT2D eigenvalue weighted by Crippen LogP contribution is 2.25. The minimum Gasteiger partial charge on any atom is -0.322 e. The van der Waals surface area contributed by atoms with Crippen molar-refractivity contribution in [3.63, 3.8) is 0 Å². The average molecular weight is 427 g/mol. The largest absolute Gasteiger partial charge is 0.322 e. The number of nitrogens with one attached hydrogen (secondary N) is 2. The summed E-state index contributed by atoms with van der Waals surface area (Å²) in [4.78, 5) is 24.8. The van der Waals surface area contributed by atoms with Gasteiger partial charge in [0.25, 0.3) is 11.8 Å². The van der Waals surface area contributed by atoms with Crippen LogP contribution in [0.4, 0.5) is 11.4 Å². The molecule has 0 aliphatic rings. The zero-order chi connectivity index (χ0) is 21.6. The maximum Gasteiger partial charge on any atom is 0.257 e. The summed E-state index contributed by atoms with van der Waals surface area (Å²) < 4.78 is 0. The van der Waals surface area contributed by atoms with E-state index < -0.39 is 0 Å². The Labute approximate surface area is 185 Å². The quantitative estimate of drug-likeness (QED) is 0.382. The predicted molar refractivity (Wildman–Crippen MR) is 126 cm³/mol. The van der Waals surface area contributed by atoms with Crippen molar-refractivity contribution in [1.29, 1.82) is 0 Å². The lowest BCUT2D eigenvalue weighted by atomic mass is 10.0. The molecule has 0 fully saturated rings. The van der Waals surface area contributed by atoms with Gasteiger partial charge in [-0.1, -0.05) is 66.2 Å². The maximum absolute atomic E-state index is 12.4. The fourth-order valence-electron chi connectivity index (χ4n) is 3.16. The molecule has 4 rings (SSSR count). The molecule has 0 saturated heterocycles. The maximum atomic E-state index is 12.4. The van der Waals surface area contributed by atoms with Gasteiger partial charge in [0.05, 0.1) is 10.6 Å². The van der Waals surface area contributed by atoms with Crippen LogP contribution in [-0.2, 0) is 0 Å². The van der Waals surface area contributed by atoms with Crippen molar-refractivity contribution in [2.24, 2.45) is 0 Å². The molecular weight excluding hydrogens is 408 g/mol. The van der Waals surface area contributed by atoms with Crippen molar-refractivity contribution in [3.05, 3.63) is 119 Å². The Kier molecular flexibility index (Phi) is 6.11. The third-order valence-electron chi connectivity index (χ3n) is 4.75. The van der Waals surface area contributed by atoms with E-state index in [1.807, 2.05) is 66.7 Å². The number of carbonyl (C=O) groups is 2. The fraction of sp³-hybridized carbons (Fsp3) is 0. The molecule has 2 amide bonds. The van der Waals surface area contributed by atoms with Gasteiger partial charge in [-0.05, 0) is 59.7 Å². The Hall–Kier alpha value is -3.89. The van der Waals surface area contributed by atoms with Gasteiger partial charge in [-0.2, -0.15) is 0 Å². The summed E-state index contributed by atoms with van der Waals surface area (Å²) in [7, 11) is 0. The molecular formula is C26H19ClN2O2. The van der Waals surface area contributed by atoms with Gasteiger partial charge in [-0.3, -0.25) is 9.59 Å². The Morgan fingerprint density at radius 1 is 0.581 bits per heavy atom. The van der Waals surface area contributed by atoms with Gasteiger partial charge < -0.3 is 10.6 Å². The molecule has 152 valence electrons. The molecule has 4 aromatic carbocycles. The molecule has 2 N–H and O–H groups in total. The highest BCUT2D eigenvalue weighted by Gasteiger charge is 2.10. The summed E-state index contributed by atoms with van der Waals surface area (Å²) in [6, 6.07) is 31.1. The van der Waals surface area contributed by atoms with Gasteiger partial charge >= 0.3 is 0 Å². The van der Waals surface area contributed by atoms with Crippen LogP contribution in [0.2, 0.25) is 5.02 Å². The Balaban J connectivity index is 1.47. The SMILES string of the molecule is O=C(Nc1cccc(-c2ccc(NC(=O)c3ccccc3Cl)cc2)c1)c1ccccc1. The third kappa shape index (κ3) is 5.00. The number of hydrogen-bond donors (Lipinski definition) is 2. The van der Waals surface area contributed by atoms with Crippen molar-refractivity contribution in [2.75, 3.05) is 10.6 Å². The highest BCUT2D eigenvalue weighted by atomic mass is 35.5. The van der Waals surface area contributed by atoms with Gasteiger partial charge in [-0.15, -0.1) is 0 Å². The van der Waals surface area contributed by atoms with Crippen molar-refractivity contribution < 1.29 is 9.59 Å². The number of carbonyl (C=O) groups excluding carboxylic acids is 2. The Bertz CT molecular complexity index is 1220. The second kappa shape index (κ2) is 9.28. The van der Waals surface area contributed by atoms with Crippen LogP contribution in [0.1, 0.15) is 20.7 Å². The van der Waals surface area contributed by atoms with E-state index in [9.17, 15) is 9.59 Å². The predicted octanol–water partition coefficient (Wildman–Crippen LogP) is 6.51. The van der Waals surface area contributed by atoms with E-state index in [0.717, 1.165) is 11.1 Å². The van der Waals surface area contributed by atoms with Gasteiger partial charge in [0.2, 0.25) is 0 Å². The molecule has 0 aromatic heterocycles. The molecule has 4 aromatic rings. The number of hydrogen-bond acceptors (Lipinski definition) is 2. The molecule has 0 atom stereocenters. The van der Waals surface area contributed by atoms with Crippen LogP contribution in [0.15, 0.2) is 103 Å². The molecule has 0 aliphatic carbocycles. The molecule has 0 aliphatic heterocycles. The first-order chi connectivity index (χ1) is 15.1. The highest BCUT2D eigenvalue weighted by molar-refractivity contribution is 6.34. The monoisotopic (exact) mass is 426 g/mol. The minimum absolute atomic E-state index is 0.157. The fourth-order valence-corrected chi connectivity index (χ4v) is 3.38. The smallest absolute Gasteiger partial charge is 0.257 e. The van der Waals surface area contributed by atoms with Crippen molar-refractivity contribution in [3.8, 4) is 11.1 Å². The number of rotatable bonds is 5. The number of anilines is 2. The van der Waals surface area contributed by atoms with Gasteiger partial charge in [0, 0.05) is 16.9 Å².